The molecule has 296 valence electrons. The van der Waals surface area contributed by atoms with Gasteiger partial charge < -0.3 is 39.6 Å². The number of nitrogens with zero attached hydrogens (tertiary/aromatic N) is 1. The predicted octanol–water partition coefficient (Wildman–Crippen LogP) is 10.7. The number of allylic oxidation sites excluding steroid dienone is 2. The van der Waals surface area contributed by atoms with Gasteiger partial charge in [-0.05, 0) is 49.7 Å². The van der Waals surface area contributed by atoms with E-state index in [0.717, 1.165) is 53.9 Å². The Hall–Kier alpha value is -2.58. The normalized spacial score (nSPS) is 14.2. The number of carbonyl (C=O) groups is 2. The van der Waals surface area contributed by atoms with Gasteiger partial charge in [0.1, 0.15) is 12.4 Å². The molecule has 4 N–H and O–H groups in total. The van der Waals surface area contributed by atoms with Crippen molar-refractivity contribution in [3.05, 3.63) is 78.6 Å². The van der Waals surface area contributed by atoms with Crippen LogP contribution in [0.5, 0.6) is 0 Å². The SMILES string of the molecule is CCC(C)CCCC(NC(=O)OCc1ccccc1)c1cnc(C)[nH]1.[CH2-]CC(C[CH2-])C(C(=N)CC(C)C(=O)NCC(C(C)C)C(F)(F)F)=C(C)CC.[U+2]. The van der Waals surface area contributed by atoms with Crippen LogP contribution in [0.2, 0.25) is 0 Å². The number of amides is 2. The van der Waals surface area contributed by atoms with E-state index in [1.807, 2.05) is 51.1 Å². The largest absolute Gasteiger partial charge is 2.00 e. The van der Waals surface area contributed by atoms with Crippen LogP contribution in [-0.2, 0) is 16.1 Å². The van der Waals surface area contributed by atoms with Crippen molar-refractivity contribution >= 4 is 17.7 Å². The van der Waals surface area contributed by atoms with Crippen LogP contribution < -0.4 is 10.6 Å². The molecule has 0 aliphatic heterocycles. The molecular weight excluding hydrogens is 906 g/mol. The van der Waals surface area contributed by atoms with Gasteiger partial charge >= 0.3 is 43.4 Å². The number of aromatic nitrogens is 2. The van der Waals surface area contributed by atoms with Crippen molar-refractivity contribution in [1.29, 1.82) is 5.41 Å². The molecule has 1 aromatic heterocycles. The van der Waals surface area contributed by atoms with E-state index in [4.69, 9.17) is 10.1 Å². The molecule has 0 aliphatic carbocycles. The number of aryl methyl sites for hydroxylation is 1. The summed E-state index contributed by atoms with van der Waals surface area (Å²) in [5.41, 5.74) is 4.21. The topological polar surface area (TPSA) is 120 Å². The molecule has 0 aliphatic rings. The zero-order valence-corrected chi connectivity index (χ0v) is 37.4. The smallest absolute Gasteiger partial charge is 0.445 e. The number of H-pyrrole nitrogens is 1. The summed E-state index contributed by atoms with van der Waals surface area (Å²) in [6.07, 6.45) is 3.50. The molecule has 4 atom stereocenters. The van der Waals surface area contributed by atoms with Gasteiger partial charge in [0.15, 0.2) is 0 Å². The minimum Gasteiger partial charge on any atom is -0.445 e. The summed E-state index contributed by atoms with van der Waals surface area (Å²) in [5, 5.41) is 13.8. The van der Waals surface area contributed by atoms with Gasteiger partial charge in [-0.3, -0.25) is 4.79 Å². The minimum atomic E-state index is -4.35. The van der Waals surface area contributed by atoms with Crippen LogP contribution >= 0.6 is 0 Å². The maximum atomic E-state index is 13.0. The number of carbonyl (C=O) groups excluding carboxylic acids is 2. The van der Waals surface area contributed by atoms with Gasteiger partial charge in [0.25, 0.3) is 0 Å². The molecule has 1 heterocycles. The average Bonchev–Trinajstić information content (AvgIpc) is 3.54. The molecule has 0 radical (unpaired) electrons. The van der Waals surface area contributed by atoms with Crippen molar-refractivity contribution < 1.29 is 58.6 Å². The minimum absolute atomic E-state index is 0. The van der Waals surface area contributed by atoms with E-state index in [1.165, 1.54) is 20.3 Å². The van der Waals surface area contributed by atoms with Gasteiger partial charge in [0.05, 0.1) is 23.9 Å². The number of alkyl halides is 3. The fourth-order valence-electron chi connectivity index (χ4n) is 5.80. The Morgan fingerprint density at radius 1 is 1.04 bits per heavy atom. The molecule has 1 aromatic carbocycles. The quantitative estimate of drug-likeness (QED) is 0.0780. The van der Waals surface area contributed by atoms with Crippen LogP contribution in [0, 0.1) is 86.9 Å². The van der Waals surface area contributed by atoms with Crippen molar-refractivity contribution in [3.63, 3.8) is 0 Å². The summed E-state index contributed by atoms with van der Waals surface area (Å²) in [6, 6.07) is 9.58. The molecule has 2 aromatic rings. The average molecular weight is 970 g/mol. The van der Waals surface area contributed by atoms with Crippen LogP contribution in [0.3, 0.4) is 0 Å². The fourth-order valence-corrected chi connectivity index (χ4v) is 5.80. The fraction of sp³-hybridized carbons (Fsp3) is 0.610. The molecule has 12 heteroatoms. The summed E-state index contributed by atoms with van der Waals surface area (Å²) >= 11 is 0. The number of nitrogens with one attached hydrogen (secondary N) is 4. The number of alkyl carbamates (subject to hydrolysis) is 1. The zero-order chi connectivity index (χ0) is 39.4. The molecule has 53 heavy (non-hydrogen) atoms. The molecule has 2 rings (SSSR count). The van der Waals surface area contributed by atoms with Crippen molar-refractivity contribution in [1.82, 2.24) is 20.6 Å². The van der Waals surface area contributed by atoms with E-state index in [9.17, 15) is 22.8 Å². The van der Waals surface area contributed by atoms with Crippen LogP contribution in [-0.4, -0.2) is 40.4 Å². The molecule has 0 spiro atoms. The molecular formula is C41H64F3N5O3U. The Balaban J connectivity index is 0.00000100. The monoisotopic (exact) mass is 970 g/mol. The second-order valence-corrected chi connectivity index (χ2v) is 14.2. The first kappa shape index (κ1) is 50.4. The molecule has 4 unspecified atom stereocenters. The van der Waals surface area contributed by atoms with E-state index in [-0.39, 0.29) is 56.1 Å². The Morgan fingerprint density at radius 3 is 2.15 bits per heavy atom. The number of ether oxygens (including phenoxy) is 1. The Bertz CT molecular complexity index is 1380. The van der Waals surface area contributed by atoms with Gasteiger partial charge in [-0.1, -0.05) is 103 Å². The van der Waals surface area contributed by atoms with Gasteiger partial charge in [-0.25, -0.2) is 9.78 Å². The number of benzene rings is 1. The molecule has 0 bridgehead atoms. The maximum Gasteiger partial charge on any atom is 2.00 e. The van der Waals surface area contributed by atoms with E-state index in [0.29, 0.717) is 24.5 Å². The number of hydrogen-bond acceptors (Lipinski definition) is 5. The molecule has 0 saturated heterocycles. The third-order valence-electron chi connectivity index (χ3n) is 9.59. The Morgan fingerprint density at radius 2 is 1.66 bits per heavy atom. The first-order valence-electron chi connectivity index (χ1n) is 18.7. The number of rotatable bonds is 20. The van der Waals surface area contributed by atoms with Crippen molar-refractivity contribution in [2.24, 2.45) is 29.6 Å². The molecule has 8 nitrogen and oxygen atoms in total. The van der Waals surface area contributed by atoms with E-state index in [1.54, 1.807) is 13.1 Å². The number of halogens is 3. The second-order valence-electron chi connectivity index (χ2n) is 14.2. The van der Waals surface area contributed by atoms with Gasteiger partial charge in [-0.2, -0.15) is 26.0 Å². The van der Waals surface area contributed by atoms with Gasteiger partial charge in [0.2, 0.25) is 5.91 Å². The first-order chi connectivity index (χ1) is 24.5. The standard InChI is InChI=1S/C21H35F3N2O.C20H29N3O2.U/c1-8-14(6)19(16(9-2)10-3)18(25)11-15(7)20(27)26-12-17(13(4)5)21(22,23)24;1-4-15(2)9-8-12-18(19-13-21-16(3)22-19)23-20(24)25-14-17-10-6-5-7-11-17;/h13,15-17,25H,2-3,8-12H2,1,4-7H3,(H,26,27);5-7,10-11,13,15,18H,4,8-9,12,14H2,1-3H3,(H,21,22)(H,23,24);/q-2;;+2. The van der Waals surface area contributed by atoms with Crippen LogP contribution in [0.15, 0.2) is 47.7 Å². The predicted molar refractivity (Wildman–Crippen MR) is 204 cm³/mol. The maximum absolute atomic E-state index is 13.0. The summed E-state index contributed by atoms with van der Waals surface area (Å²) in [4.78, 5) is 32.0. The zero-order valence-electron chi connectivity index (χ0n) is 33.2. The summed E-state index contributed by atoms with van der Waals surface area (Å²) < 4.78 is 44.4. The molecule has 0 fully saturated rings. The molecule has 0 saturated carbocycles. The molecule has 2 amide bonds. The van der Waals surface area contributed by atoms with Crippen molar-refractivity contribution in [2.75, 3.05) is 6.54 Å². The second kappa shape index (κ2) is 26.3. The summed E-state index contributed by atoms with van der Waals surface area (Å²) in [7, 11) is 0. The third-order valence-corrected chi connectivity index (χ3v) is 9.59. The van der Waals surface area contributed by atoms with E-state index in [2.05, 4.69) is 48.3 Å². The number of hydrogen-bond donors (Lipinski definition) is 4. The Kier molecular flexibility index (Phi) is 25.0. The number of imidazole rings is 1. The van der Waals surface area contributed by atoms with E-state index >= 15 is 0 Å². The summed E-state index contributed by atoms with van der Waals surface area (Å²) in [5.74, 6) is -1.61. The van der Waals surface area contributed by atoms with E-state index < -0.39 is 42.5 Å². The van der Waals surface area contributed by atoms with Crippen molar-refractivity contribution in [3.8, 4) is 0 Å². The van der Waals surface area contributed by atoms with Crippen LogP contribution in [0.25, 0.3) is 0 Å². The summed E-state index contributed by atoms with van der Waals surface area (Å²) in [6.45, 7) is 22.7. The third kappa shape index (κ3) is 19.0. The Labute approximate surface area is 341 Å². The number of aromatic amines is 1. The van der Waals surface area contributed by atoms with Gasteiger partial charge in [0, 0.05) is 24.6 Å². The van der Waals surface area contributed by atoms with Crippen LogP contribution in [0.4, 0.5) is 18.0 Å². The van der Waals surface area contributed by atoms with Crippen molar-refractivity contribution in [2.45, 2.75) is 126 Å². The van der Waals surface area contributed by atoms with Gasteiger partial charge in [-0.15, -0.1) is 0 Å². The first-order valence-corrected chi connectivity index (χ1v) is 18.7. The van der Waals surface area contributed by atoms with Crippen LogP contribution in [0.1, 0.15) is 123 Å².